The number of rotatable bonds is 1. The summed E-state index contributed by atoms with van der Waals surface area (Å²) in [5.41, 5.74) is 1.36. The minimum Gasteiger partial charge on any atom is -0.306 e. The van der Waals surface area contributed by atoms with Crippen molar-refractivity contribution in [2.45, 2.75) is 12.8 Å². The summed E-state index contributed by atoms with van der Waals surface area (Å²) in [7, 11) is 2.18. The van der Waals surface area contributed by atoms with Crippen molar-refractivity contribution in [3.05, 3.63) is 40.8 Å². The minimum atomic E-state index is 0.822. The Morgan fingerprint density at radius 2 is 1.64 bits per heavy atom. The lowest BCUT2D eigenvalue weighted by molar-refractivity contribution is 0.297. The summed E-state index contributed by atoms with van der Waals surface area (Å²) < 4.78 is 0. The monoisotopic (exact) mass is 208 g/mol. The third kappa shape index (κ3) is 2.28. The summed E-state index contributed by atoms with van der Waals surface area (Å²) in [6.07, 6.45) is 2.39. The van der Waals surface area contributed by atoms with Crippen LogP contribution in [0.1, 0.15) is 18.4 Å². The van der Waals surface area contributed by atoms with Gasteiger partial charge in [0.05, 0.1) is 0 Å². The first-order valence-corrected chi connectivity index (χ1v) is 5.43. The number of hydrogen-bond acceptors (Lipinski definition) is 1. The highest BCUT2D eigenvalue weighted by Crippen LogP contribution is 2.27. The summed E-state index contributed by atoms with van der Waals surface area (Å²) in [4.78, 5) is 2.37. The molecule has 0 amide bonds. The Kier molecular flexibility index (Phi) is 3.09. The molecular weight excluding hydrogens is 194 g/mol. The van der Waals surface area contributed by atoms with Crippen LogP contribution in [-0.4, -0.2) is 25.0 Å². The molecule has 0 spiro atoms. The molecule has 1 aromatic carbocycles. The van der Waals surface area contributed by atoms with Crippen LogP contribution in [0.15, 0.2) is 24.3 Å². The SMILES string of the molecule is CN1CC[C](c2ccc(Cl)cc2)CC1. The number of halogens is 1. The molecule has 1 nitrogen and oxygen atoms in total. The molecule has 1 saturated heterocycles. The van der Waals surface area contributed by atoms with E-state index in [1.54, 1.807) is 5.92 Å². The topological polar surface area (TPSA) is 3.24 Å². The zero-order chi connectivity index (χ0) is 9.97. The quantitative estimate of drug-likeness (QED) is 0.686. The molecule has 1 aliphatic rings. The molecule has 1 aliphatic heterocycles. The lowest BCUT2D eigenvalue weighted by Gasteiger charge is -2.28. The predicted octanol–water partition coefficient (Wildman–Crippen LogP) is 2.99. The van der Waals surface area contributed by atoms with Crippen molar-refractivity contribution in [1.82, 2.24) is 4.90 Å². The van der Waals surface area contributed by atoms with Crippen LogP contribution in [0.3, 0.4) is 0 Å². The molecule has 2 rings (SSSR count). The molecule has 0 aromatic heterocycles. The van der Waals surface area contributed by atoms with Crippen molar-refractivity contribution in [2.75, 3.05) is 20.1 Å². The molecule has 1 radical (unpaired) electrons. The fourth-order valence-corrected chi connectivity index (χ4v) is 1.99. The van der Waals surface area contributed by atoms with Crippen LogP contribution in [0.4, 0.5) is 0 Å². The first-order chi connectivity index (χ1) is 6.75. The van der Waals surface area contributed by atoms with Gasteiger partial charge in [0.15, 0.2) is 0 Å². The highest BCUT2D eigenvalue weighted by atomic mass is 35.5. The van der Waals surface area contributed by atoms with Crippen LogP contribution >= 0.6 is 11.6 Å². The van der Waals surface area contributed by atoms with Crippen molar-refractivity contribution in [3.63, 3.8) is 0 Å². The average molecular weight is 209 g/mol. The number of hydrogen-bond donors (Lipinski definition) is 0. The van der Waals surface area contributed by atoms with Gasteiger partial charge in [0, 0.05) is 10.9 Å². The molecule has 1 fully saturated rings. The Morgan fingerprint density at radius 3 is 2.21 bits per heavy atom. The van der Waals surface area contributed by atoms with Crippen molar-refractivity contribution < 1.29 is 0 Å². The first kappa shape index (κ1) is 10.0. The summed E-state index contributed by atoms with van der Waals surface area (Å²) in [6, 6.07) is 8.20. The summed E-state index contributed by atoms with van der Waals surface area (Å²) in [5.74, 6) is 1.57. The first-order valence-electron chi connectivity index (χ1n) is 5.05. The molecule has 0 atom stereocenters. The Balaban J connectivity index is 2.05. The van der Waals surface area contributed by atoms with Gasteiger partial charge in [-0.05, 0) is 50.7 Å². The van der Waals surface area contributed by atoms with Gasteiger partial charge >= 0.3 is 0 Å². The molecule has 0 N–H and O–H groups in total. The summed E-state index contributed by atoms with van der Waals surface area (Å²) in [6.45, 7) is 2.36. The normalized spacial score (nSPS) is 19.9. The maximum atomic E-state index is 5.86. The Hall–Kier alpha value is -0.530. The van der Waals surface area contributed by atoms with Gasteiger partial charge in [-0.2, -0.15) is 0 Å². The van der Waals surface area contributed by atoms with Crippen molar-refractivity contribution in [1.29, 1.82) is 0 Å². The molecule has 0 unspecified atom stereocenters. The number of likely N-dealkylation sites (tertiary alicyclic amines) is 1. The van der Waals surface area contributed by atoms with Crippen molar-refractivity contribution in [2.24, 2.45) is 0 Å². The predicted molar refractivity (Wildman–Crippen MR) is 60.5 cm³/mol. The molecule has 1 aromatic rings. The molecule has 75 valence electrons. The van der Waals surface area contributed by atoms with Crippen LogP contribution < -0.4 is 0 Å². The van der Waals surface area contributed by atoms with Crippen molar-refractivity contribution in [3.8, 4) is 0 Å². The van der Waals surface area contributed by atoms with Gasteiger partial charge in [0.25, 0.3) is 0 Å². The molecule has 2 heteroatoms. The van der Waals surface area contributed by atoms with E-state index >= 15 is 0 Å². The van der Waals surface area contributed by atoms with E-state index in [-0.39, 0.29) is 0 Å². The number of benzene rings is 1. The van der Waals surface area contributed by atoms with E-state index in [9.17, 15) is 0 Å². The van der Waals surface area contributed by atoms with Gasteiger partial charge in [0.2, 0.25) is 0 Å². The molecule has 1 heterocycles. The lowest BCUT2D eigenvalue weighted by Crippen LogP contribution is -2.29. The van der Waals surface area contributed by atoms with Crippen LogP contribution in [-0.2, 0) is 0 Å². The van der Waals surface area contributed by atoms with Crippen LogP contribution in [0.25, 0.3) is 0 Å². The Labute approximate surface area is 90.7 Å². The summed E-state index contributed by atoms with van der Waals surface area (Å²) >= 11 is 5.86. The largest absolute Gasteiger partial charge is 0.306 e. The van der Waals surface area contributed by atoms with Gasteiger partial charge in [-0.1, -0.05) is 23.7 Å². The average Bonchev–Trinajstić information content (AvgIpc) is 2.21. The minimum absolute atomic E-state index is 0.822. The molecule has 0 bridgehead atoms. The zero-order valence-electron chi connectivity index (χ0n) is 8.46. The second-order valence-corrected chi connectivity index (χ2v) is 4.35. The number of nitrogens with zero attached hydrogens (tertiary/aromatic N) is 1. The fourth-order valence-electron chi connectivity index (χ4n) is 1.86. The molecular formula is C12H15ClN. The molecule has 0 aliphatic carbocycles. The lowest BCUT2D eigenvalue weighted by atomic mass is 9.90. The zero-order valence-corrected chi connectivity index (χ0v) is 9.22. The van der Waals surface area contributed by atoms with E-state index < -0.39 is 0 Å². The highest BCUT2D eigenvalue weighted by molar-refractivity contribution is 6.30. The number of piperidine rings is 1. The van der Waals surface area contributed by atoms with Crippen LogP contribution in [0, 0.1) is 5.92 Å². The Bertz CT molecular complexity index is 286. The van der Waals surface area contributed by atoms with E-state index in [1.807, 2.05) is 12.1 Å². The third-order valence-corrected chi connectivity index (χ3v) is 3.10. The highest BCUT2D eigenvalue weighted by Gasteiger charge is 2.18. The second kappa shape index (κ2) is 4.33. The van der Waals surface area contributed by atoms with E-state index in [0.717, 1.165) is 5.02 Å². The third-order valence-electron chi connectivity index (χ3n) is 2.84. The van der Waals surface area contributed by atoms with Crippen LogP contribution in [0.5, 0.6) is 0 Å². The fraction of sp³-hybridized carbons (Fsp3) is 0.417. The van der Waals surface area contributed by atoms with Gasteiger partial charge in [-0.3, -0.25) is 0 Å². The van der Waals surface area contributed by atoms with Gasteiger partial charge in [-0.15, -0.1) is 0 Å². The maximum Gasteiger partial charge on any atom is 0.0406 e. The van der Waals surface area contributed by atoms with E-state index in [4.69, 9.17) is 11.6 Å². The Morgan fingerprint density at radius 1 is 1.07 bits per heavy atom. The van der Waals surface area contributed by atoms with Gasteiger partial charge in [0.1, 0.15) is 0 Å². The smallest absolute Gasteiger partial charge is 0.0406 e. The van der Waals surface area contributed by atoms with E-state index in [2.05, 4.69) is 24.1 Å². The standard InChI is InChI=1S/C12H15ClN/c1-14-8-6-11(7-9-14)10-2-4-12(13)5-3-10/h2-5H,6-9H2,1H3. The van der Waals surface area contributed by atoms with Gasteiger partial charge < -0.3 is 4.90 Å². The van der Waals surface area contributed by atoms with Crippen molar-refractivity contribution >= 4 is 11.6 Å². The van der Waals surface area contributed by atoms with Crippen LogP contribution in [0.2, 0.25) is 5.02 Å². The van der Waals surface area contributed by atoms with Gasteiger partial charge in [-0.25, -0.2) is 0 Å². The second-order valence-electron chi connectivity index (χ2n) is 3.91. The summed E-state index contributed by atoms with van der Waals surface area (Å²) in [5, 5.41) is 0.822. The van der Waals surface area contributed by atoms with E-state index in [1.165, 1.54) is 31.5 Å². The molecule has 14 heavy (non-hydrogen) atoms. The maximum absolute atomic E-state index is 5.86. The van der Waals surface area contributed by atoms with E-state index in [0.29, 0.717) is 0 Å². The molecule has 0 saturated carbocycles.